The zero-order valence-electron chi connectivity index (χ0n) is 22.2. The summed E-state index contributed by atoms with van der Waals surface area (Å²) in [7, 11) is 1.45. The lowest BCUT2D eigenvalue weighted by Crippen LogP contribution is -2.61. The summed E-state index contributed by atoms with van der Waals surface area (Å²) in [6, 6.07) is 4.43. The summed E-state index contributed by atoms with van der Waals surface area (Å²) in [4.78, 5) is 34.2. The van der Waals surface area contributed by atoms with Crippen molar-refractivity contribution < 1.29 is 37.3 Å². The van der Waals surface area contributed by atoms with E-state index in [1.165, 1.54) is 19.5 Å². The maximum Gasteiger partial charge on any atom is 0.404 e. The highest BCUT2D eigenvalue weighted by molar-refractivity contribution is 6.04. The minimum atomic E-state index is -1.17. The summed E-state index contributed by atoms with van der Waals surface area (Å²) >= 11 is 0. The zero-order valence-corrected chi connectivity index (χ0v) is 22.2. The summed E-state index contributed by atoms with van der Waals surface area (Å²) in [5.41, 5.74) is 5.35. The first-order valence-electron chi connectivity index (χ1n) is 12.6. The number of amides is 2. The normalized spacial score (nSPS) is 18.6. The fraction of sp³-hybridized carbons (Fsp3) is 0.333. The third-order valence-electron chi connectivity index (χ3n) is 6.58. The highest BCUT2D eigenvalue weighted by Gasteiger charge is 2.34. The Morgan fingerprint density at radius 2 is 1.85 bits per heavy atom. The number of rotatable bonds is 9. The Balaban J connectivity index is 1.56. The van der Waals surface area contributed by atoms with Crippen LogP contribution in [0.25, 0.3) is 11.3 Å². The molecule has 1 saturated heterocycles. The average Bonchev–Trinajstić information content (AvgIpc) is 2.91. The summed E-state index contributed by atoms with van der Waals surface area (Å²) in [5.74, 6) is -4.33. The van der Waals surface area contributed by atoms with Crippen LogP contribution in [0.15, 0.2) is 42.7 Å². The van der Waals surface area contributed by atoms with E-state index in [1.807, 2.05) is 11.8 Å². The first kappa shape index (κ1) is 29.6. The number of anilines is 2. The van der Waals surface area contributed by atoms with Gasteiger partial charge in [0.05, 0.1) is 35.8 Å². The van der Waals surface area contributed by atoms with E-state index in [-0.39, 0.29) is 42.8 Å². The monoisotopic (exact) mass is 574 g/mol. The fourth-order valence-electron chi connectivity index (χ4n) is 4.71. The van der Waals surface area contributed by atoms with Crippen LogP contribution in [0, 0.1) is 23.4 Å². The van der Waals surface area contributed by atoms with Gasteiger partial charge in [0, 0.05) is 44.6 Å². The van der Waals surface area contributed by atoms with Crippen molar-refractivity contribution in [2.75, 3.05) is 43.6 Å². The van der Waals surface area contributed by atoms with E-state index in [0.717, 1.165) is 24.3 Å². The number of piperidine rings is 1. The lowest BCUT2D eigenvalue weighted by atomic mass is 9.90. The van der Waals surface area contributed by atoms with E-state index >= 15 is 0 Å². The Morgan fingerprint density at radius 1 is 1.12 bits per heavy atom. The van der Waals surface area contributed by atoms with Crippen LogP contribution < -0.4 is 26.0 Å². The van der Waals surface area contributed by atoms with Crippen molar-refractivity contribution in [3.8, 4) is 17.0 Å². The number of carbonyl (C=O) groups excluding carboxylic acids is 1. The quantitative estimate of drug-likeness (QED) is 0.282. The van der Waals surface area contributed by atoms with Crippen molar-refractivity contribution in [2.45, 2.75) is 19.0 Å². The van der Waals surface area contributed by atoms with Crippen LogP contribution in [0.4, 0.5) is 29.3 Å². The van der Waals surface area contributed by atoms with Crippen molar-refractivity contribution in [2.24, 2.45) is 11.7 Å². The molecule has 0 saturated carbocycles. The number of hydrogen-bond acceptors (Lipinski definition) is 8. The maximum absolute atomic E-state index is 14.9. The van der Waals surface area contributed by atoms with E-state index in [0.29, 0.717) is 12.2 Å². The van der Waals surface area contributed by atoms with Gasteiger partial charge in [-0.25, -0.2) is 22.9 Å². The predicted molar refractivity (Wildman–Crippen MR) is 143 cm³/mol. The number of methoxy groups -OCH3 is 1. The number of benzene rings is 1. The van der Waals surface area contributed by atoms with Crippen LogP contribution in [0.3, 0.4) is 0 Å². The Hall–Kier alpha value is -4.43. The third-order valence-corrected chi connectivity index (χ3v) is 6.58. The topological polar surface area (TPSA) is 152 Å². The van der Waals surface area contributed by atoms with E-state index in [2.05, 4.69) is 20.6 Å². The van der Waals surface area contributed by atoms with Crippen LogP contribution in [0.1, 0.15) is 17.4 Å². The van der Waals surface area contributed by atoms with Crippen molar-refractivity contribution in [3.63, 3.8) is 0 Å². The highest BCUT2D eigenvalue weighted by Crippen LogP contribution is 2.32. The van der Waals surface area contributed by atoms with Gasteiger partial charge in [-0.2, -0.15) is 0 Å². The van der Waals surface area contributed by atoms with E-state index in [9.17, 15) is 22.8 Å². The molecule has 1 aromatic carbocycles. The lowest BCUT2D eigenvalue weighted by molar-refractivity contribution is 0.102. The van der Waals surface area contributed by atoms with Crippen LogP contribution in [0.2, 0.25) is 0 Å². The van der Waals surface area contributed by atoms with Crippen LogP contribution in [-0.4, -0.2) is 72.6 Å². The lowest BCUT2D eigenvalue weighted by Gasteiger charge is -2.42. The Labute approximate surface area is 233 Å². The van der Waals surface area contributed by atoms with E-state index in [1.54, 1.807) is 6.07 Å². The number of nitrogens with one attached hydrogen (secondary N) is 2. The van der Waals surface area contributed by atoms with Gasteiger partial charge in [0.25, 0.3) is 5.91 Å². The Bertz CT molecular complexity index is 1390. The first-order valence-corrected chi connectivity index (χ1v) is 12.6. The summed E-state index contributed by atoms with van der Waals surface area (Å²) < 4.78 is 54.5. The van der Waals surface area contributed by atoms with Crippen molar-refractivity contribution in [1.29, 1.82) is 0 Å². The summed E-state index contributed by atoms with van der Waals surface area (Å²) in [5, 5.41) is 14.2. The number of carboxylic acid groups (broad SMARTS) is 1. The molecule has 3 aromatic rings. The van der Waals surface area contributed by atoms with Gasteiger partial charge in [-0.05, 0) is 24.1 Å². The molecule has 14 heteroatoms. The molecule has 1 fully saturated rings. The number of nitrogens with zero attached hydrogens (tertiary/aromatic N) is 3. The van der Waals surface area contributed by atoms with Crippen LogP contribution in [0.5, 0.6) is 5.75 Å². The molecular formula is C27H29F3N6O5. The van der Waals surface area contributed by atoms with Gasteiger partial charge < -0.3 is 35.8 Å². The number of nitrogens with two attached hydrogens (primary N) is 1. The van der Waals surface area contributed by atoms with Crippen molar-refractivity contribution in [3.05, 3.63) is 65.9 Å². The van der Waals surface area contributed by atoms with Gasteiger partial charge in [0.1, 0.15) is 41.2 Å². The third kappa shape index (κ3) is 6.84. The standard InChI is InChI=1S/C27H29F3N6O5/c1-14-12-36(13-19(31)24(14)35-27(38)39)22-5-6-32-11-21(22)34-26(37)20-4-3-16(28)25(33-20)23-17(29)9-15(10-18(23)30)41-8-7-40-2/h3-6,9-11,14,19,24,35H,7-8,12-13,31H2,1-2H3,(H,34,37)(H,38,39)/t14-,19+,24-/m0/s1. The molecule has 1 aliphatic rings. The highest BCUT2D eigenvalue weighted by atomic mass is 19.1. The van der Waals surface area contributed by atoms with Gasteiger partial charge >= 0.3 is 6.09 Å². The SMILES string of the molecule is COCCOc1cc(F)c(-c2nc(C(=O)Nc3cnccc3N3C[C@@H](N)[C@@H](NC(=O)O)[C@@H](C)C3)ccc2F)c(F)c1. The molecule has 218 valence electrons. The Kier molecular flexibility index (Phi) is 9.24. The maximum atomic E-state index is 14.9. The van der Waals surface area contributed by atoms with Gasteiger partial charge in [0.2, 0.25) is 0 Å². The molecule has 0 bridgehead atoms. The molecule has 2 amide bonds. The molecule has 11 nitrogen and oxygen atoms in total. The molecule has 0 unspecified atom stereocenters. The van der Waals surface area contributed by atoms with Crippen molar-refractivity contribution in [1.82, 2.24) is 15.3 Å². The number of halogens is 3. The molecule has 3 heterocycles. The molecule has 0 radical (unpaired) electrons. The summed E-state index contributed by atoms with van der Waals surface area (Å²) in [6.07, 6.45) is 1.75. The van der Waals surface area contributed by atoms with Crippen molar-refractivity contribution >= 4 is 23.4 Å². The average molecular weight is 575 g/mol. The number of hydrogen-bond donors (Lipinski definition) is 4. The number of carbonyl (C=O) groups is 2. The minimum absolute atomic E-state index is 0.0510. The smallest absolute Gasteiger partial charge is 0.404 e. The molecule has 0 aliphatic carbocycles. The Morgan fingerprint density at radius 3 is 2.51 bits per heavy atom. The molecule has 2 aromatic heterocycles. The van der Waals surface area contributed by atoms with E-state index in [4.69, 9.17) is 20.3 Å². The van der Waals surface area contributed by atoms with Crippen LogP contribution in [-0.2, 0) is 4.74 Å². The van der Waals surface area contributed by atoms with E-state index < -0.39 is 52.8 Å². The molecule has 4 rings (SSSR count). The minimum Gasteiger partial charge on any atom is -0.491 e. The number of pyridine rings is 2. The second-order valence-electron chi connectivity index (χ2n) is 9.50. The molecule has 0 spiro atoms. The predicted octanol–water partition coefficient (Wildman–Crippen LogP) is 3.26. The van der Waals surface area contributed by atoms with Gasteiger partial charge in [0.15, 0.2) is 0 Å². The van der Waals surface area contributed by atoms with Gasteiger partial charge in [-0.15, -0.1) is 0 Å². The molecule has 41 heavy (non-hydrogen) atoms. The van der Waals surface area contributed by atoms with Crippen LogP contribution >= 0.6 is 0 Å². The largest absolute Gasteiger partial charge is 0.491 e. The summed E-state index contributed by atoms with van der Waals surface area (Å²) in [6.45, 7) is 2.81. The second kappa shape index (κ2) is 12.8. The molecule has 1 aliphatic heterocycles. The fourth-order valence-corrected chi connectivity index (χ4v) is 4.71. The first-order chi connectivity index (χ1) is 19.6. The molecular weight excluding hydrogens is 545 g/mol. The van der Waals surface area contributed by atoms with Gasteiger partial charge in [-0.1, -0.05) is 6.92 Å². The number of ether oxygens (including phenoxy) is 2. The molecule has 3 atom stereocenters. The zero-order chi connectivity index (χ0) is 29.7. The number of aromatic nitrogens is 2. The second-order valence-corrected chi connectivity index (χ2v) is 9.50. The van der Waals surface area contributed by atoms with Gasteiger partial charge in [-0.3, -0.25) is 9.78 Å². The molecule has 5 N–H and O–H groups in total.